The Morgan fingerprint density at radius 1 is 1.29 bits per heavy atom. The largest absolute Gasteiger partial charge is 0.387 e. The summed E-state index contributed by atoms with van der Waals surface area (Å²) in [7, 11) is 1.87. The zero-order chi connectivity index (χ0) is 15.7. The number of aryl methyl sites for hydroxylation is 1. The van der Waals surface area contributed by atoms with Crippen LogP contribution in [0.2, 0.25) is 0 Å². The van der Waals surface area contributed by atoms with E-state index in [9.17, 15) is 10.4 Å². The first-order valence-electron chi connectivity index (χ1n) is 7.93. The van der Waals surface area contributed by atoms with E-state index in [2.05, 4.69) is 31.9 Å². The number of hydrogen-bond donors (Lipinski definition) is 1. The van der Waals surface area contributed by atoms with Gasteiger partial charge in [-0.2, -0.15) is 10.4 Å². The van der Waals surface area contributed by atoms with Crippen LogP contribution in [0.5, 0.6) is 0 Å². The monoisotopic (exact) mass is 289 g/mol. The summed E-state index contributed by atoms with van der Waals surface area (Å²) in [6, 6.07) is 2.46. The number of aromatic nitrogens is 2. The number of rotatable bonds is 2. The summed E-state index contributed by atoms with van der Waals surface area (Å²) in [6.07, 6.45) is 7.07. The molecule has 4 nitrogen and oxygen atoms in total. The van der Waals surface area contributed by atoms with Crippen molar-refractivity contribution in [2.24, 2.45) is 12.5 Å². The molecule has 1 aliphatic rings. The van der Waals surface area contributed by atoms with E-state index < -0.39 is 11.5 Å². The second-order valence-corrected chi connectivity index (χ2v) is 7.44. The second-order valence-electron chi connectivity index (χ2n) is 7.44. The van der Waals surface area contributed by atoms with Gasteiger partial charge >= 0.3 is 0 Å². The van der Waals surface area contributed by atoms with E-state index in [1.807, 2.05) is 13.2 Å². The van der Waals surface area contributed by atoms with Crippen molar-refractivity contribution in [2.75, 3.05) is 0 Å². The molecule has 0 amide bonds. The summed E-state index contributed by atoms with van der Waals surface area (Å²) < 4.78 is 1.75. The minimum absolute atomic E-state index is 0.140. The molecular weight excluding hydrogens is 262 g/mol. The van der Waals surface area contributed by atoms with Gasteiger partial charge in [0, 0.05) is 24.2 Å². The van der Waals surface area contributed by atoms with E-state index in [1.54, 1.807) is 4.68 Å². The highest BCUT2D eigenvalue weighted by Crippen LogP contribution is 2.46. The van der Waals surface area contributed by atoms with E-state index in [1.165, 1.54) is 0 Å². The molecule has 1 aliphatic carbocycles. The van der Waals surface area contributed by atoms with Crippen molar-refractivity contribution in [3.63, 3.8) is 0 Å². The Balaban J connectivity index is 2.43. The number of hydrogen-bond acceptors (Lipinski definition) is 3. The molecule has 1 N–H and O–H groups in total. The van der Waals surface area contributed by atoms with Crippen LogP contribution in [0.25, 0.3) is 0 Å². The van der Waals surface area contributed by atoms with Crippen molar-refractivity contribution in [3.05, 3.63) is 17.5 Å². The Labute approximate surface area is 127 Å². The third-order valence-corrected chi connectivity index (χ3v) is 4.60. The molecule has 1 fully saturated rings. The second kappa shape index (κ2) is 5.81. The lowest BCUT2D eigenvalue weighted by Crippen LogP contribution is -2.29. The SMILES string of the molecule is Cn1cc(C(O)C2(C#N)CCCCCC2)c(C(C)(C)C)n1. The number of nitriles is 1. The van der Waals surface area contributed by atoms with Crippen molar-refractivity contribution in [1.29, 1.82) is 5.26 Å². The topological polar surface area (TPSA) is 61.8 Å². The highest BCUT2D eigenvalue weighted by molar-refractivity contribution is 5.30. The quantitative estimate of drug-likeness (QED) is 0.846. The molecule has 0 spiro atoms. The first-order valence-corrected chi connectivity index (χ1v) is 7.93. The van der Waals surface area contributed by atoms with Crippen LogP contribution in [0.3, 0.4) is 0 Å². The van der Waals surface area contributed by atoms with Crippen molar-refractivity contribution >= 4 is 0 Å². The molecule has 21 heavy (non-hydrogen) atoms. The number of nitrogens with zero attached hydrogens (tertiary/aromatic N) is 3. The summed E-state index contributed by atoms with van der Waals surface area (Å²) in [5, 5.41) is 25.3. The van der Waals surface area contributed by atoms with Gasteiger partial charge < -0.3 is 5.11 Å². The van der Waals surface area contributed by atoms with E-state index in [0.29, 0.717) is 0 Å². The van der Waals surface area contributed by atoms with Crippen LogP contribution in [-0.4, -0.2) is 14.9 Å². The van der Waals surface area contributed by atoms with Gasteiger partial charge in [-0.05, 0) is 12.8 Å². The van der Waals surface area contributed by atoms with Crippen LogP contribution in [-0.2, 0) is 12.5 Å². The zero-order valence-electron chi connectivity index (χ0n) is 13.7. The summed E-state index contributed by atoms with van der Waals surface area (Å²) in [5.41, 5.74) is 0.934. The van der Waals surface area contributed by atoms with Crippen LogP contribution in [0.1, 0.15) is 76.7 Å². The van der Waals surface area contributed by atoms with E-state index in [4.69, 9.17) is 0 Å². The summed E-state index contributed by atoms with van der Waals surface area (Å²) in [4.78, 5) is 0. The van der Waals surface area contributed by atoms with E-state index >= 15 is 0 Å². The van der Waals surface area contributed by atoms with Crippen LogP contribution in [0.4, 0.5) is 0 Å². The third-order valence-electron chi connectivity index (χ3n) is 4.60. The lowest BCUT2D eigenvalue weighted by atomic mass is 9.73. The number of aliphatic hydroxyl groups excluding tert-OH is 1. The molecule has 1 saturated carbocycles. The maximum absolute atomic E-state index is 11.0. The van der Waals surface area contributed by atoms with E-state index in [0.717, 1.165) is 49.8 Å². The minimum Gasteiger partial charge on any atom is -0.387 e. The van der Waals surface area contributed by atoms with Crippen LogP contribution < -0.4 is 0 Å². The first kappa shape index (κ1) is 16.0. The normalized spacial score (nSPS) is 20.6. The first-order chi connectivity index (χ1) is 9.80. The number of aliphatic hydroxyl groups is 1. The molecule has 116 valence electrons. The molecular formula is C17H27N3O. The van der Waals surface area contributed by atoms with Gasteiger partial charge in [0.25, 0.3) is 0 Å². The molecule has 1 aromatic rings. The van der Waals surface area contributed by atoms with Crippen molar-refractivity contribution in [1.82, 2.24) is 9.78 Å². The average Bonchev–Trinajstić information content (AvgIpc) is 2.67. The van der Waals surface area contributed by atoms with Crippen LogP contribution in [0.15, 0.2) is 6.20 Å². The fraction of sp³-hybridized carbons (Fsp3) is 0.765. The Bertz CT molecular complexity index is 525. The predicted octanol–water partition coefficient (Wildman–Crippen LogP) is 3.62. The molecule has 0 saturated heterocycles. The highest BCUT2D eigenvalue weighted by atomic mass is 16.3. The molecule has 0 aromatic carbocycles. The lowest BCUT2D eigenvalue weighted by Gasteiger charge is -2.32. The highest BCUT2D eigenvalue weighted by Gasteiger charge is 2.42. The zero-order valence-corrected chi connectivity index (χ0v) is 13.7. The fourth-order valence-electron chi connectivity index (χ4n) is 3.39. The molecule has 1 aromatic heterocycles. The summed E-state index contributed by atoms with van der Waals surface area (Å²) in [6.45, 7) is 6.28. The molecule has 0 bridgehead atoms. The maximum Gasteiger partial charge on any atom is 0.101 e. The Morgan fingerprint density at radius 2 is 1.86 bits per heavy atom. The van der Waals surface area contributed by atoms with Crippen molar-refractivity contribution in [2.45, 2.75) is 70.8 Å². The van der Waals surface area contributed by atoms with Gasteiger partial charge in [0.2, 0.25) is 0 Å². The molecule has 1 unspecified atom stereocenters. The molecule has 0 aliphatic heterocycles. The molecule has 1 heterocycles. The molecule has 4 heteroatoms. The Kier molecular flexibility index (Phi) is 4.43. The lowest BCUT2D eigenvalue weighted by molar-refractivity contribution is 0.0502. The van der Waals surface area contributed by atoms with Crippen molar-refractivity contribution < 1.29 is 5.11 Å². The van der Waals surface area contributed by atoms with Gasteiger partial charge in [0.05, 0.1) is 17.2 Å². The average molecular weight is 289 g/mol. The standard InChI is InChI=1S/C17H27N3O/c1-16(2,3)14-13(11-20(4)19-14)15(21)17(12-18)9-7-5-6-8-10-17/h11,15,21H,5-10H2,1-4H3. The fourth-order valence-corrected chi connectivity index (χ4v) is 3.39. The molecule has 1 atom stereocenters. The molecule has 0 radical (unpaired) electrons. The van der Waals surface area contributed by atoms with Crippen LogP contribution in [0, 0.1) is 16.7 Å². The summed E-state index contributed by atoms with van der Waals surface area (Å²) >= 11 is 0. The predicted molar refractivity (Wildman–Crippen MR) is 82.6 cm³/mol. The van der Waals surface area contributed by atoms with Gasteiger partial charge in [0.1, 0.15) is 6.10 Å². The maximum atomic E-state index is 11.0. The van der Waals surface area contributed by atoms with Crippen LogP contribution >= 0.6 is 0 Å². The smallest absolute Gasteiger partial charge is 0.101 e. The Hall–Kier alpha value is -1.34. The van der Waals surface area contributed by atoms with Gasteiger partial charge in [0.15, 0.2) is 0 Å². The third kappa shape index (κ3) is 3.13. The Morgan fingerprint density at radius 3 is 2.33 bits per heavy atom. The minimum atomic E-state index is -0.747. The van der Waals surface area contributed by atoms with E-state index in [-0.39, 0.29) is 5.41 Å². The summed E-state index contributed by atoms with van der Waals surface area (Å²) in [5.74, 6) is 0. The van der Waals surface area contributed by atoms with Gasteiger partial charge in [-0.25, -0.2) is 0 Å². The van der Waals surface area contributed by atoms with Crippen molar-refractivity contribution in [3.8, 4) is 6.07 Å². The molecule has 2 rings (SSSR count). The van der Waals surface area contributed by atoms with Gasteiger partial charge in [-0.1, -0.05) is 46.5 Å². The van der Waals surface area contributed by atoms with Gasteiger partial charge in [-0.3, -0.25) is 4.68 Å². The van der Waals surface area contributed by atoms with Gasteiger partial charge in [-0.15, -0.1) is 0 Å².